The summed E-state index contributed by atoms with van der Waals surface area (Å²) in [5.41, 5.74) is 18.6. The fraction of sp³-hybridized carbons (Fsp3) is 0. The van der Waals surface area contributed by atoms with Gasteiger partial charge in [-0.25, -0.2) is 44.9 Å². The fourth-order valence-corrected chi connectivity index (χ4v) is 24.9. The molecule has 9 nitrogen and oxygen atoms in total. The van der Waals surface area contributed by atoms with E-state index in [4.69, 9.17) is 44.9 Å². The average molecular weight is 1900 g/mol. The number of hydrogen-bond acceptors (Lipinski definition) is 12. The first-order valence-corrected chi connectivity index (χ1v) is 51.0. The van der Waals surface area contributed by atoms with Crippen molar-refractivity contribution in [2.75, 3.05) is 0 Å². The van der Waals surface area contributed by atoms with Crippen molar-refractivity contribution < 1.29 is 0 Å². The molecule has 0 aliphatic heterocycles. The lowest BCUT2D eigenvalue weighted by Gasteiger charge is -2.14. The number of benzene rings is 23. The Hall–Kier alpha value is -18.4. The molecule has 6 heterocycles. The molecule has 0 aliphatic rings. The normalized spacial score (nSPS) is 11.6. The summed E-state index contributed by atoms with van der Waals surface area (Å²) in [6.45, 7) is 0. The molecule has 0 radical (unpaired) electrons. The van der Waals surface area contributed by atoms with Crippen LogP contribution in [-0.4, -0.2) is 44.9 Å². The lowest BCUT2D eigenvalue weighted by Crippen LogP contribution is -2.01. The lowest BCUT2D eigenvalue weighted by molar-refractivity contribution is 1.08. The van der Waals surface area contributed by atoms with Gasteiger partial charge in [-0.05, 0) is 156 Å². The van der Waals surface area contributed by atoms with Crippen molar-refractivity contribution in [2.24, 2.45) is 0 Å². The van der Waals surface area contributed by atoms with Gasteiger partial charge in [0.15, 0.2) is 52.4 Å². The summed E-state index contributed by atoms with van der Waals surface area (Å²) in [7, 11) is 0. The van der Waals surface area contributed by atoms with Gasteiger partial charge in [0, 0.05) is 111 Å². The maximum atomic E-state index is 5.41. The summed E-state index contributed by atoms with van der Waals surface area (Å²) in [6.07, 6.45) is 0. The van der Waals surface area contributed by atoms with Crippen LogP contribution in [0.1, 0.15) is 0 Å². The molecule has 6 aromatic heterocycles. The summed E-state index contributed by atoms with van der Waals surface area (Å²) >= 11 is 5.50. The van der Waals surface area contributed by atoms with Gasteiger partial charge in [-0.15, -0.1) is 34.0 Å². The van der Waals surface area contributed by atoms with Crippen LogP contribution in [-0.2, 0) is 0 Å². The van der Waals surface area contributed by atoms with Crippen molar-refractivity contribution in [3.8, 4) is 147 Å². The highest BCUT2D eigenvalue weighted by Crippen LogP contribution is 2.52. The zero-order chi connectivity index (χ0) is 95.8. The van der Waals surface area contributed by atoms with E-state index in [1.807, 2.05) is 94.7 Å². The monoisotopic (exact) mass is 1900 g/mol. The van der Waals surface area contributed by atoms with Gasteiger partial charge in [0.2, 0.25) is 0 Å². The molecule has 0 saturated heterocycles. The molecule has 0 fully saturated rings. The molecule has 0 unspecified atom stereocenters. The number of nitrogens with zero attached hydrogens (tertiary/aromatic N) is 9. The molecule has 0 spiro atoms. The molecule has 29 aromatic rings. The van der Waals surface area contributed by atoms with Crippen LogP contribution < -0.4 is 0 Å². The molecule has 29 rings (SSSR count). The Morgan fingerprint density at radius 2 is 0.393 bits per heavy atom. The number of rotatable bonds is 13. The molecule has 12 heteroatoms. The van der Waals surface area contributed by atoms with E-state index in [-0.39, 0.29) is 0 Å². The summed E-state index contributed by atoms with van der Waals surface area (Å²) in [5, 5.41) is 23.8. The second kappa shape index (κ2) is 36.7. The topological polar surface area (TPSA) is 116 Å². The molecule has 0 atom stereocenters. The Balaban J connectivity index is 0.000000109. The maximum absolute atomic E-state index is 5.41. The third kappa shape index (κ3) is 15.7. The van der Waals surface area contributed by atoms with Crippen LogP contribution in [0, 0.1) is 0 Å². The van der Waals surface area contributed by atoms with Crippen LogP contribution in [0.25, 0.3) is 283 Å². The lowest BCUT2D eigenvalue weighted by atomic mass is 9.94. The van der Waals surface area contributed by atoms with Crippen LogP contribution in [0.3, 0.4) is 0 Å². The van der Waals surface area contributed by atoms with Crippen molar-refractivity contribution in [1.29, 1.82) is 0 Å². The van der Waals surface area contributed by atoms with Crippen molar-refractivity contribution in [1.82, 2.24) is 44.9 Å². The number of aromatic nitrogens is 9. The van der Waals surface area contributed by atoms with Gasteiger partial charge in [0.1, 0.15) is 0 Å². The van der Waals surface area contributed by atoms with E-state index in [0.29, 0.717) is 52.4 Å². The van der Waals surface area contributed by atoms with Gasteiger partial charge in [-0.3, -0.25) is 0 Å². The Morgan fingerprint density at radius 1 is 0.117 bits per heavy atom. The van der Waals surface area contributed by atoms with Crippen molar-refractivity contribution >= 4 is 170 Å². The largest absolute Gasteiger partial charge is 0.208 e. The summed E-state index contributed by atoms with van der Waals surface area (Å²) in [4.78, 5) is 46.7. The minimum atomic E-state index is 0.648. The Morgan fingerprint density at radius 3 is 0.841 bits per heavy atom. The first kappa shape index (κ1) is 85.7. The van der Waals surface area contributed by atoms with Gasteiger partial charge in [-0.2, -0.15) is 0 Å². The highest BCUT2D eigenvalue weighted by atomic mass is 32.1. The molecule has 0 amide bonds. The predicted octanol–water partition coefficient (Wildman–Crippen LogP) is 36.5. The number of hydrogen-bond donors (Lipinski definition) is 0. The third-order valence-electron chi connectivity index (χ3n) is 27.7. The quantitative estimate of drug-likeness (QED) is 0.111. The first-order valence-electron chi connectivity index (χ1n) is 48.6. The van der Waals surface area contributed by atoms with E-state index < -0.39 is 0 Å². The van der Waals surface area contributed by atoms with Gasteiger partial charge < -0.3 is 0 Å². The molecule has 676 valence electrons. The zero-order valence-electron chi connectivity index (χ0n) is 78.0. The van der Waals surface area contributed by atoms with E-state index >= 15 is 0 Å². The molecule has 0 aliphatic carbocycles. The van der Waals surface area contributed by atoms with Crippen LogP contribution in [0.5, 0.6) is 0 Å². The first-order chi connectivity index (χ1) is 71.9. The van der Waals surface area contributed by atoms with E-state index in [2.05, 4.69) is 431 Å². The number of fused-ring (bicyclic) bond motifs is 19. The number of thiophene rings is 3. The SMILES string of the molecule is c1ccc(-c2ccc(-c3nc(-c4ccc5ccccc5c4)nc(-c4cc5ccccc5c5c4sc4c(-c6ccccc6)cccc45)n3)c3ccccc23)cc1.c1ccc(-c2cccc3c2sc2cc(-c4nc(-c5ccc6ccccc6c5)nc(-c5cccc6ccccc56)n4)c4ccccc4c23)cc1.c1ccc(-c2nc(-c3ccccc3)nc(-c3cc4sc5c(-c6ccccc6)cccc5c4c4ccccc34)n2)cc1. The van der Waals surface area contributed by atoms with Crippen LogP contribution in [0.4, 0.5) is 0 Å². The van der Waals surface area contributed by atoms with E-state index in [9.17, 15) is 0 Å². The zero-order valence-corrected chi connectivity index (χ0v) is 80.5. The smallest absolute Gasteiger partial charge is 0.165 e. The molecule has 0 bridgehead atoms. The molecular formula is C133H81N9S3. The van der Waals surface area contributed by atoms with Crippen molar-refractivity contribution in [3.63, 3.8) is 0 Å². The van der Waals surface area contributed by atoms with E-state index in [1.165, 1.54) is 132 Å². The predicted molar refractivity (Wildman–Crippen MR) is 611 cm³/mol. The Kier molecular flexibility index (Phi) is 21.7. The molecule has 0 N–H and O–H groups in total. The summed E-state index contributed by atoms with van der Waals surface area (Å²) < 4.78 is 7.44. The van der Waals surface area contributed by atoms with E-state index in [0.717, 1.165) is 98.5 Å². The minimum absolute atomic E-state index is 0.648. The minimum Gasteiger partial charge on any atom is -0.208 e. The second-order valence-electron chi connectivity index (χ2n) is 36.4. The third-order valence-corrected chi connectivity index (χ3v) is 31.4. The molecule has 23 aromatic carbocycles. The average Bonchev–Trinajstić information content (AvgIpc) is 1.56. The van der Waals surface area contributed by atoms with Crippen LogP contribution in [0.2, 0.25) is 0 Å². The van der Waals surface area contributed by atoms with Crippen LogP contribution in [0.15, 0.2) is 491 Å². The van der Waals surface area contributed by atoms with Crippen molar-refractivity contribution in [2.45, 2.75) is 0 Å². The second-order valence-corrected chi connectivity index (χ2v) is 39.5. The van der Waals surface area contributed by atoms with Crippen LogP contribution >= 0.6 is 34.0 Å². The van der Waals surface area contributed by atoms with Gasteiger partial charge in [-0.1, -0.05) is 455 Å². The highest BCUT2D eigenvalue weighted by Gasteiger charge is 2.27. The van der Waals surface area contributed by atoms with Gasteiger partial charge in [0.05, 0.1) is 0 Å². The standard InChI is InChI=1S/C51H31N3S.C45H27N3S.C37H23N3S/c1-3-15-33(16-4-1)38-28-29-43(42-23-12-11-22-41(38)42)50-52-49(37-27-26-32-14-7-8-19-35(32)30-37)53-51(54-50)45-31-36-20-9-10-21-39(36)46-44-25-13-24-40(47(44)55-48(45)46)34-17-5-2-6-18-34;1-2-13-30(14-3-1)34-21-11-23-38-41-36-20-9-8-19-35(36)39(27-40(41)49-42(34)38)45-47-43(32-25-24-28-12-4-5-16-31(28)26-32)46-44(48-45)37-22-10-17-29-15-6-7-18-33(29)37;1-4-13-24(14-5-1)27-21-12-22-30-33-29-20-11-10-19-28(29)31(23-32(33)41-34(27)30)37-39-35(25-15-6-2-7-16-25)38-36(40-37)26-17-8-3-9-18-26/h1-31H;1-27H;1-23H. The Labute approximate surface area is 846 Å². The molecule has 145 heavy (non-hydrogen) atoms. The van der Waals surface area contributed by atoms with Gasteiger partial charge in [0.25, 0.3) is 0 Å². The molecule has 0 saturated carbocycles. The maximum Gasteiger partial charge on any atom is 0.165 e. The van der Waals surface area contributed by atoms with Gasteiger partial charge >= 0.3 is 0 Å². The molecular weight excluding hydrogens is 1820 g/mol. The van der Waals surface area contributed by atoms with E-state index in [1.54, 1.807) is 0 Å². The van der Waals surface area contributed by atoms with Crippen molar-refractivity contribution in [3.05, 3.63) is 491 Å². The Bertz CT molecular complexity index is 10100. The summed E-state index contributed by atoms with van der Waals surface area (Å²) in [5.74, 6) is 5.96. The fourth-order valence-electron chi connectivity index (χ4n) is 20.9. The highest BCUT2D eigenvalue weighted by molar-refractivity contribution is 7.27. The summed E-state index contributed by atoms with van der Waals surface area (Å²) in [6, 6.07) is 173.